The summed E-state index contributed by atoms with van der Waals surface area (Å²) in [5.41, 5.74) is 1.70. The number of rotatable bonds is 2. The third-order valence-corrected chi connectivity index (χ3v) is 4.38. The van der Waals surface area contributed by atoms with Crippen LogP contribution >= 0.6 is 0 Å². The van der Waals surface area contributed by atoms with E-state index in [4.69, 9.17) is 4.74 Å². The van der Waals surface area contributed by atoms with Gasteiger partial charge in [0.1, 0.15) is 34.9 Å². The average molecular weight is 365 g/mol. The Labute approximate surface area is 154 Å². The Hall–Kier alpha value is -3.54. The molecule has 4 rings (SSSR count). The Morgan fingerprint density at radius 3 is 2.41 bits per heavy atom. The van der Waals surface area contributed by atoms with Crippen molar-refractivity contribution in [2.75, 3.05) is 0 Å². The van der Waals surface area contributed by atoms with Crippen LogP contribution in [0.25, 0.3) is 0 Å². The van der Waals surface area contributed by atoms with Gasteiger partial charge in [0, 0.05) is 18.6 Å². The van der Waals surface area contributed by atoms with Crippen LogP contribution < -0.4 is 4.74 Å². The Kier molecular flexibility index (Phi) is 4.16. The molecular formula is C21H16FNO4. The van der Waals surface area contributed by atoms with Gasteiger partial charge in [0.25, 0.3) is 0 Å². The summed E-state index contributed by atoms with van der Waals surface area (Å²) < 4.78 is 20.0. The van der Waals surface area contributed by atoms with E-state index in [0.29, 0.717) is 11.3 Å². The highest BCUT2D eigenvalue weighted by Gasteiger charge is 2.29. The van der Waals surface area contributed by atoms with Crippen LogP contribution in [0, 0.1) is 5.82 Å². The molecule has 3 N–H and O–H groups in total. The lowest BCUT2D eigenvalue weighted by atomic mass is 9.94. The molecule has 0 spiro atoms. The number of ether oxygens (including phenoxy) is 1. The molecule has 1 heterocycles. The smallest absolute Gasteiger partial charge is 0.148 e. The maximum Gasteiger partial charge on any atom is 0.148 e. The summed E-state index contributed by atoms with van der Waals surface area (Å²) in [4.78, 5) is 4.41. The molecule has 0 bridgehead atoms. The standard InChI is InChI=1S/C21H16FNO4/c22-15-3-1-2-4-16(15)23-17-11-19(12-5-7-13(24)8-6-12)27-20-10-14(25)9-18(26)21(17)20/h1-10,19,24-26H,11H2. The molecule has 27 heavy (non-hydrogen) atoms. The second kappa shape index (κ2) is 6.64. The summed E-state index contributed by atoms with van der Waals surface area (Å²) in [5.74, 6) is -0.429. The SMILES string of the molecule is Oc1ccc(C2CC(=Nc3ccccc3F)c3c(O)cc(O)cc3O2)cc1. The van der Waals surface area contributed by atoms with Crippen LogP contribution in [0.1, 0.15) is 23.7 Å². The van der Waals surface area contributed by atoms with Crippen molar-refractivity contribution in [1.82, 2.24) is 0 Å². The lowest BCUT2D eigenvalue weighted by molar-refractivity contribution is 0.204. The lowest BCUT2D eigenvalue weighted by Crippen LogP contribution is -2.21. The van der Waals surface area contributed by atoms with Gasteiger partial charge in [-0.3, -0.25) is 0 Å². The molecule has 0 aliphatic carbocycles. The first-order valence-electron chi connectivity index (χ1n) is 8.35. The molecule has 1 aliphatic heterocycles. The highest BCUT2D eigenvalue weighted by atomic mass is 19.1. The fraction of sp³-hybridized carbons (Fsp3) is 0.0952. The third-order valence-electron chi connectivity index (χ3n) is 4.38. The number of aromatic hydroxyl groups is 3. The van der Waals surface area contributed by atoms with Crippen LogP contribution in [0.15, 0.2) is 65.7 Å². The molecule has 5 nitrogen and oxygen atoms in total. The van der Waals surface area contributed by atoms with Gasteiger partial charge in [0.2, 0.25) is 0 Å². The van der Waals surface area contributed by atoms with Crippen molar-refractivity contribution >= 4 is 11.4 Å². The molecule has 0 saturated carbocycles. The first-order chi connectivity index (χ1) is 13.0. The van der Waals surface area contributed by atoms with Gasteiger partial charge in [-0.2, -0.15) is 0 Å². The van der Waals surface area contributed by atoms with Gasteiger partial charge in [-0.25, -0.2) is 9.38 Å². The van der Waals surface area contributed by atoms with Gasteiger partial charge in [0.15, 0.2) is 0 Å². The molecule has 0 aromatic heterocycles. The van der Waals surface area contributed by atoms with Crippen molar-refractivity contribution < 1.29 is 24.4 Å². The minimum absolute atomic E-state index is 0.130. The van der Waals surface area contributed by atoms with Gasteiger partial charge < -0.3 is 20.1 Å². The van der Waals surface area contributed by atoms with Crippen LogP contribution in [0.5, 0.6) is 23.0 Å². The highest BCUT2D eigenvalue weighted by molar-refractivity contribution is 6.07. The summed E-state index contributed by atoms with van der Waals surface area (Å²) in [5, 5.41) is 29.6. The Morgan fingerprint density at radius 1 is 0.926 bits per heavy atom. The van der Waals surface area contributed by atoms with Crippen molar-refractivity contribution in [3.05, 3.63) is 77.6 Å². The predicted octanol–water partition coefficient (Wildman–Crippen LogP) is 4.59. The number of para-hydroxylation sites is 1. The van der Waals surface area contributed by atoms with E-state index in [1.807, 2.05) is 0 Å². The second-order valence-corrected chi connectivity index (χ2v) is 6.25. The largest absolute Gasteiger partial charge is 0.508 e. The molecule has 6 heteroatoms. The van der Waals surface area contributed by atoms with E-state index in [1.165, 1.54) is 18.2 Å². The number of benzene rings is 3. The molecular weight excluding hydrogens is 349 g/mol. The van der Waals surface area contributed by atoms with Gasteiger partial charge in [-0.05, 0) is 29.8 Å². The number of hydrogen-bond donors (Lipinski definition) is 3. The van der Waals surface area contributed by atoms with Gasteiger partial charge in [0.05, 0.1) is 17.0 Å². The van der Waals surface area contributed by atoms with Gasteiger partial charge in [-0.15, -0.1) is 0 Å². The molecule has 136 valence electrons. The maximum absolute atomic E-state index is 14.1. The Morgan fingerprint density at radius 2 is 1.67 bits per heavy atom. The minimum atomic E-state index is -0.475. The monoisotopic (exact) mass is 365 g/mol. The summed E-state index contributed by atoms with van der Waals surface area (Å²) in [7, 11) is 0. The first kappa shape index (κ1) is 16.9. The minimum Gasteiger partial charge on any atom is -0.508 e. The zero-order valence-corrected chi connectivity index (χ0v) is 14.1. The van der Waals surface area contributed by atoms with Crippen molar-refractivity contribution in [2.24, 2.45) is 4.99 Å². The van der Waals surface area contributed by atoms with Crippen molar-refractivity contribution in [3.8, 4) is 23.0 Å². The second-order valence-electron chi connectivity index (χ2n) is 6.25. The Bertz CT molecular complexity index is 1030. The molecule has 0 radical (unpaired) electrons. The van der Waals surface area contributed by atoms with Crippen LogP contribution in [0.3, 0.4) is 0 Å². The van der Waals surface area contributed by atoms with Crippen LogP contribution in [0.2, 0.25) is 0 Å². The van der Waals surface area contributed by atoms with E-state index in [0.717, 1.165) is 5.56 Å². The fourth-order valence-electron chi connectivity index (χ4n) is 3.11. The molecule has 0 amide bonds. The molecule has 3 aromatic rings. The summed E-state index contributed by atoms with van der Waals surface area (Å²) in [6, 6.07) is 15.2. The van der Waals surface area contributed by atoms with Gasteiger partial charge in [-0.1, -0.05) is 24.3 Å². The first-order valence-corrected chi connectivity index (χ1v) is 8.35. The number of halogens is 1. The third kappa shape index (κ3) is 3.29. The normalized spacial score (nSPS) is 17.4. The number of phenols is 3. The van der Waals surface area contributed by atoms with Gasteiger partial charge >= 0.3 is 0 Å². The predicted molar refractivity (Wildman–Crippen MR) is 98.5 cm³/mol. The van der Waals surface area contributed by atoms with Crippen LogP contribution in [-0.4, -0.2) is 21.0 Å². The van der Waals surface area contributed by atoms with Crippen LogP contribution in [0.4, 0.5) is 10.1 Å². The zero-order chi connectivity index (χ0) is 19.0. The molecule has 1 aliphatic rings. The number of nitrogens with zero attached hydrogens (tertiary/aromatic N) is 1. The van der Waals surface area contributed by atoms with Crippen molar-refractivity contribution in [2.45, 2.75) is 12.5 Å². The molecule has 1 unspecified atom stereocenters. The topological polar surface area (TPSA) is 82.3 Å². The number of fused-ring (bicyclic) bond motifs is 1. The number of phenolic OH excluding ortho intramolecular Hbond substituents is 3. The summed E-state index contributed by atoms with van der Waals surface area (Å²) in [6.45, 7) is 0. The summed E-state index contributed by atoms with van der Waals surface area (Å²) >= 11 is 0. The van der Waals surface area contributed by atoms with Crippen molar-refractivity contribution in [1.29, 1.82) is 0 Å². The van der Waals surface area contributed by atoms with E-state index in [2.05, 4.69) is 4.99 Å². The fourth-order valence-corrected chi connectivity index (χ4v) is 3.11. The van der Waals surface area contributed by atoms with Crippen LogP contribution in [-0.2, 0) is 0 Å². The Balaban J connectivity index is 1.84. The maximum atomic E-state index is 14.1. The molecule has 1 atom stereocenters. The number of aliphatic imine (C=N–C) groups is 1. The van der Waals surface area contributed by atoms with E-state index in [9.17, 15) is 19.7 Å². The number of hydrogen-bond acceptors (Lipinski definition) is 5. The van der Waals surface area contributed by atoms with Crippen molar-refractivity contribution in [3.63, 3.8) is 0 Å². The van der Waals surface area contributed by atoms with E-state index >= 15 is 0 Å². The molecule has 0 fully saturated rings. The quantitative estimate of drug-likeness (QED) is 0.620. The van der Waals surface area contributed by atoms with E-state index < -0.39 is 11.9 Å². The molecule has 0 saturated heterocycles. The average Bonchev–Trinajstić information content (AvgIpc) is 2.63. The molecule has 3 aromatic carbocycles. The van der Waals surface area contributed by atoms with E-state index in [-0.39, 0.29) is 35.1 Å². The zero-order valence-electron chi connectivity index (χ0n) is 14.1. The lowest BCUT2D eigenvalue weighted by Gasteiger charge is -2.28. The van der Waals surface area contributed by atoms with E-state index in [1.54, 1.807) is 42.5 Å². The summed E-state index contributed by atoms with van der Waals surface area (Å²) in [6.07, 6.45) is -0.186. The highest BCUT2D eigenvalue weighted by Crippen LogP contribution is 2.43.